The highest BCUT2D eigenvalue weighted by Crippen LogP contribution is 2.48. The second kappa shape index (κ2) is 4.63. The van der Waals surface area contributed by atoms with Gasteiger partial charge in [-0.2, -0.15) is 0 Å². The number of fused-ring (bicyclic) bond motifs is 2. The highest BCUT2D eigenvalue weighted by atomic mass is 15.1. The van der Waals surface area contributed by atoms with E-state index in [4.69, 9.17) is 12.2 Å². The maximum absolute atomic E-state index is 6.38. The van der Waals surface area contributed by atoms with E-state index < -0.39 is 0 Å². The molecule has 4 atom stereocenters. The first kappa shape index (κ1) is 11.6. The molecule has 0 amide bonds. The SMILES string of the molecule is C#CCN(CC1CC1)CC1C2CCC(C2)C1N. The molecule has 3 aliphatic rings. The third-order valence-electron chi connectivity index (χ3n) is 5.16. The summed E-state index contributed by atoms with van der Waals surface area (Å²) in [7, 11) is 0. The first-order chi connectivity index (χ1) is 8.28. The van der Waals surface area contributed by atoms with Crippen molar-refractivity contribution in [2.24, 2.45) is 29.4 Å². The largest absolute Gasteiger partial charge is 0.327 e. The van der Waals surface area contributed by atoms with Crippen LogP contribution in [0.3, 0.4) is 0 Å². The smallest absolute Gasteiger partial charge is 0.0599 e. The molecule has 0 aromatic carbocycles. The van der Waals surface area contributed by atoms with Crippen molar-refractivity contribution in [2.45, 2.75) is 38.1 Å². The van der Waals surface area contributed by atoms with Crippen LogP contribution in [0.2, 0.25) is 0 Å². The van der Waals surface area contributed by atoms with Crippen molar-refractivity contribution >= 4 is 0 Å². The predicted molar refractivity (Wildman–Crippen MR) is 70.3 cm³/mol. The van der Waals surface area contributed by atoms with E-state index in [0.29, 0.717) is 6.04 Å². The third kappa shape index (κ3) is 2.37. The van der Waals surface area contributed by atoms with Crippen LogP contribution in [0.4, 0.5) is 0 Å². The van der Waals surface area contributed by atoms with E-state index in [0.717, 1.165) is 36.8 Å². The van der Waals surface area contributed by atoms with E-state index in [1.165, 1.54) is 38.6 Å². The standard InChI is InChI=1S/C15H24N2/c1-2-7-17(9-11-3-4-11)10-14-12-5-6-13(8-12)15(14)16/h1,11-15H,3-10,16H2. The van der Waals surface area contributed by atoms with E-state index in [-0.39, 0.29) is 0 Å². The lowest BCUT2D eigenvalue weighted by Gasteiger charge is -2.32. The van der Waals surface area contributed by atoms with Crippen LogP contribution in [0, 0.1) is 36.0 Å². The Morgan fingerprint density at radius 2 is 1.88 bits per heavy atom. The van der Waals surface area contributed by atoms with Gasteiger partial charge in [-0.15, -0.1) is 6.42 Å². The van der Waals surface area contributed by atoms with E-state index >= 15 is 0 Å². The second-order valence-electron chi connectivity index (χ2n) is 6.42. The Hall–Kier alpha value is -0.520. The molecule has 3 fully saturated rings. The second-order valence-corrected chi connectivity index (χ2v) is 6.42. The zero-order valence-corrected chi connectivity index (χ0v) is 10.6. The topological polar surface area (TPSA) is 29.3 Å². The van der Waals surface area contributed by atoms with Gasteiger partial charge in [0.15, 0.2) is 0 Å². The molecule has 3 saturated carbocycles. The fraction of sp³-hybridized carbons (Fsp3) is 0.867. The highest BCUT2D eigenvalue weighted by Gasteiger charge is 2.46. The Morgan fingerprint density at radius 1 is 1.12 bits per heavy atom. The van der Waals surface area contributed by atoms with Gasteiger partial charge in [0.05, 0.1) is 6.54 Å². The minimum atomic E-state index is 0.452. The molecule has 0 aromatic rings. The summed E-state index contributed by atoms with van der Waals surface area (Å²) < 4.78 is 0. The van der Waals surface area contributed by atoms with E-state index in [9.17, 15) is 0 Å². The zero-order valence-electron chi connectivity index (χ0n) is 10.6. The molecular formula is C15H24N2. The summed E-state index contributed by atoms with van der Waals surface area (Å²) in [6.45, 7) is 3.19. The molecule has 0 saturated heterocycles. The summed E-state index contributed by atoms with van der Waals surface area (Å²) in [5.74, 6) is 6.19. The quantitative estimate of drug-likeness (QED) is 0.731. The maximum atomic E-state index is 6.38. The summed E-state index contributed by atoms with van der Waals surface area (Å²) in [6.07, 6.45) is 12.5. The average Bonchev–Trinajstić information content (AvgIpc) is 2.90. The van der Waals surface area contributed by atoms with Crippen LogP contribution < -0.4 is 5.73 Å². The normalized spacial score (nSPS) is 39.8. The predicted octanol–water partition coefficient (Wildman–Crippen LogP) is 1.71. The molecule has 0 heterocycles. The maximum Gasteiger partial charge on any atom is 0.0599 e. The minimum absolute atomic E-state index is 0.452. The van der Waals surface area contributed by atoms with Gasteiger partial charge in [-0.05, 0) is 55.8 Å². The lowest BCUT2D eigenvalue weighted by atomic mass is 9.84. The van der Waals surface area contributed by atoms with Crippen LogP contribution in [0.25, 0.3) is 0 Å². The molecule has 2 nitrogen and oxygen atoms in total. The molecule has 2 heteroatoms. The van der Waals surface area contributed by atoms with Crippen molar-refractivity contribution in [3.8, 4) is 12.3 Å². The molecule has 4 unspecified atom stereocenters. The first-order valence-corrected chi connectivity index (χ1v) is 7.19. The minimum Gasteiger partial charge on any atom is -0.327 e. The molecule has 0 aliphatic heterocycles. The van der Waals surface area contributed by atoms with Crippen LogP contribution in [-0.2, 0) is 0 Å². The highest BCUT2D eigenvalue weighted by molar-refractivity contribution is 5.01. The van der Waals surface area contributed by atoms with Crippen LogP contribution >= 0.6 is 0 Å². The Labute approximate surface area is 105 Å². The van der Waals surface area contributed by atoms with Gasteiger partial charge in [-0.25, -0.2) is 0 Å². The number of hydrogen-bond donors (Lipinski definition) is 1. The van der Waals surface area contributed by atoms with Crippen molar-refractivity contribution in [2.75, 3.05) is 19.6 Å². The summed E-state index contributed by atoms with van der Waals surface area (Å²) >= 11 is 0. The van der Waals surface area contributed by atoms with Crippen molar-refractivity contribution in [1.29, 1.82) is 0 Å². The molecule has 3 rings (SSSR count). The average molecular weight is 232 g/mol. The van der Waals surface area contributed by atoms with E-state index in [1.807, 2.05) is 0 Å². The Morgan fingerprint density at radius 3 is 2.47 bits per heavy atom. The summed E-state index contributed by atoms with van der Waals surface area (Å²) in [5, 5.41) is 0. The van der Waals surface area contributed by atoms with Gasteiger partial charge in [-0.1, -0.05) is 5.92 Å². The van der Waals surface area contributed by atoms with Gasteiger partial charge >= 0.3 is 0 Å². The number of nitrogens with zero attached hydrogens (tertiary/aromatic N) is 1. The molecule has 2 N–H and O–H groups in total. The van der Waals surface area contributed by atoms with Crippen LogP contribution in [0.1, 0.15) is 32.1 Å². The molecule has 0 aromatic heterocycles. The van der Waals surface area contributed by atoms with Gasteiger partial charge < -0.3 is 5.73 Å². The van der Waals surface area contributed by atoms with Gasteiger partial charge in [0, 0.05) is 19.1 Å². The van der Waals surface area contributed by atoms with Gasteiger partial charge in [0.2, 0.25) is 0 Å². The first-order valence-electron chi connectivity index (χ1n) is 7.19. The van der Waals surface area contributed by atoms with Crippen molar-refractivity contribution < 1.29 is 0 Å². The monoisotopic (exact) mass is 232 g/mol. The van der Waals surface area contributed by atoms with Gasteiger partial charge in [0.1, 0.15) is 0 Å². The molecule has 3 aliphatic carbocycles. The van der Waals surface area contributed by atoms with Gasteiger partial charge in [0.25, 0.3) is 0 Å². The number of hydrogen-bond acceptors (Lipinski definition) is 2. The number of terminal acetylenes is 1. The molecule has 0 spiro atoms. The Bertz CT molecular complexity index is 313. The summed E-state index contributed by atoms with van der Waals surface area (Å²) in [6, 6.07) is 0.452. The van der Waals surface area contributed by atoms with Crippen molar-refractivity contribution in [1.82, 2.24) is 4.90 Å². The fourth-order valence-corrected chi connectivity index (χ4v) is 4.02. The van der Waals surface area contributed by atoms with Crippen molar-refractivity contribution in [3.63, 3.8) is 0 Å². The van der Waals surface area contributed by atoms with Crippen LogP contribution in [0.15, 0.2) is 0 Å². The summed E-state index contributed by atoms with van der Waals surface area (Å²) in [5.41, 5.74) is 6.38. The van der Waals surface area contributed by atoms with Crippen molar-refractivity contribution in [3.05, 3.63) is 0 Å². The zero-order chi connectivity index (χ0) is 11.8. The number of nitrogens with two attached hydrogens (primary N) is 1. The van der Waals surface area contributed by atoms with Gasteiger partial charge in [-0.3, -0.25) is 4.90 Å². The lowest BCUT2D eigenvalue weighted by Crippen LogP contribution is -2.43. The Balaban J connectivity index is 1.58. The third-order valence-corrected chi connectivity index (χ3v) is 5.16. The molecule has 0 radical (unpaired) electrons. The van der Waals surface area contributed by atoms with E-state index in [2.05, 4.69) is 10.8 Å². The molecule has 17 heavy (non-hydrogen) atoms. The lowest BCUT2D eigenvalue weighted by molar-refractivity contribution is 0.183. The van der Waals surface area contributed by atoms with E-state index in [1.54, 1.807) is 0 Å². The molecular weight excluding hydrogens is 208 g/mol. The number of rotatable bonds is 5. The Kier molecular flexibility index (Phi) is 3.15. The molecule has 2 bridgehead atoms. The fourth-order valence-electron chi connectivity index (χ4n) is 4.02. The molecule has 94 valence electrons. The van der Waals surface area contributed by atoms with Crippen LogP contribution in [-0.4, -0.2) is 30.6 Å². The van der Waals surface area contributed by atoms with Crippen LogP contribution in [0.5, 0.6) is 0 Å². The summed E-state index contributed by atoms with van der Waals surface area (Å²) in [4.78, 5) is 2.49.